The lowest BCUT2D eigenvalue weighted by Gasteiger charge is -2.40. The molecule has 1 aliphatic rings. The zero-order valence-corrected chi connectivity index (χ0v) is 14.7. The maximum Gasteiger partial charge on any atom is 0.130 e. The van der Waals surface area contributed by atoms with Crippen LogP contribution in [0.4, 0.5) is 5.82 Å². The summed E-state index contributed by atoms with van der Waals surface area (Å²) in [6.45, 7) is 7.59. The largest absolute Gasteiger partial charge is 0.383 e. The molecule has 1 aromatic carbocycles. The van der Waals surface area contributed by atoms with Crippen LogP contribution < -0.4 is 5.32 Å². The Kier molecular flexibility index (Phi) is 5.43. The highest BCUT2D eigenvalue weighted by Gasteiger charge is 2.30. The van der Waals surface area contributed by atoms with Crippen LogP contribution in [0.25, 0.3) is 0 Å². The highest BCUT2D eigenvalue weighted by Crippen LogP contribution is 2.34. The first kappa shape index (κ1) is 16.9. The molecule has 128 valence electrons. The molecule has 5 heteroatoms. The van der Waals surface area contributed by atoms with Gasteiger partial charge in [-0.15, -0.1) is 0 Å². The lowest BCUT2D eigenvalue weighted by molar-refractivity contribution is 0.0785. The van der Waals surface area contributed by atoms with Crippen molar-refractivity contribution in [2.45, 2.75) is 32.9 Å². The predicted molar refractivity (Wildman–Crippen MR) is 96.1 cm³/mol. The van der Waals surface area contributed by atoms with E-state index in [1.54, 1.807) is 7.11 Å². The van der Waals surface area contributed by atoms with Crippen molar-refractivity contribution >= 4 is 5.82 Å². The third-order valence-corrected chi connectivity index (χ3v) is 4.45. The van der Waals surface area contributed by atoms with Crippen LogP contribution in [0.2, 0.25) is 0 Å². The Morgan fingerprint density at radius 2 is 2.00 bits per heavy atom. The van der Waals surface area contributed by atoms with Gasteiger partial charge in [0.05, 0.1) is 18.3 Å². The van der Waals surface area contributed by atoms with Gasteiger partial charge in [-0.1, -0.05) is 29.8 Å². The molecule has 0 unspecified atom stereocenters. The molecule has 2 heterocycles. The number of nitrogens with zero attached hydrogens (tertiary/aromatic N) is 3. The fourth-order valence-electron chi connectivity index (χ4n) is 3.03. The molecule has 3 rings (SSSR count). The van der Waals surface area contributed by atoms with Crippen LogP contribution >= 0.6 is 0 Å². The van der Waals surface area contributed by atoms with E-state index in [2.05, 4.69) is 57.4 Å². The fraction of sp³-hybridized carbons (Fsp3) is 0.474. The van der Waals surface area contributed by atoms with Gasteiger partial charge in [0.1, 0.15) is 11.6 Å². The molecule has 1 saturated heterocycles. The number of likely N-dealkylation sites (tertiary alicyclic amines) is 1. The van der Waals surface area contributed by atoms with E-state index < -0.39 is 0 Å². The topological polar surface area (TPSA) is 50.3 Å². The van der Waals surface area contributed by atoms with E-state index in [1.807, 2.05) is 6.92 Å². The van der Waals surface area contributed by atoms with Crippen LogP contribution in [-0.4, -0.2) is 41.7 Å². The zero-order chi connectivity index (χ0) is 16.9. The molecule has 0 aliphatic carbocycles. The first-order valence-electron chi connectivity index (χ1n) is 8.53. The van der Waals surface area contributed by atoms with E-state index in [0.717, 1.165) is 43.4 Å². The Morgan fingerprint density at radius 3 is 2.67 bits per heavy atom. The van der Waals surface area contributed by atoms with Crippen LogP contribution in [0.1, 0.15) is 35.1 Å². The number of aromatic nitrogens is 2. The zero-order valence-electron chi connectivity index (χ0n) is 14.7. The molecule has 1 aromatic heterocycles. The van der Waals surface area contributed by atoms with Gasteiger partial charge in [0.2, 0.25) is 0 Å². The molecule has 1 fully saturated rings. The Hall–Kier alpha value is -1.98. The summed E-state index contributed by atoms with van der Waals surface area (Å²) in [6, 6.07) is 11.2. The second-order valence-corrected chi connectivity index (χ2v) is 6.41. The summed E-state index contributed by atoms with van der Waals surface area (Å²) in [5.41, 5.74) is 3.77. The van der Waals surface area contributed by atoms with Crippen LogP contribution in [0.15, 0.2) is 30.3 Å². The third kappa shape index (κ3) is 4.10. The minimum absolute atomic E-state index is 0.385. The quantitative estimate of drug-likeness (QED) is 0.792. The van der Waals surface area contributed by atoms with Crippen molar-refractivity contribution in [2.24, 2.45) is 0 Å². The molecule has 1 atom stereocenters. The summed E-state index contributed by atoms with van der Waals surface area (Å²) in [7, 11) is 1.70. The molecule has 0 bridgehead atoms. The number of aryl methyl sites for hydroxylation is 2. The van der Waals surface area contributed by atoms with Gasteiger partial charge in [-0.05, 0) is 25.8 Å². The van der Waals surface area contributed by atoms with Gasteiger partial charge in [0.25, 0.3) is 0 Å². The molecule has 1 N–H and O–H groups in total. The number of benzene rings is 1. The van der Waals surface area contributed by atoms with Crippen LogP contribution in [0.3, 0.4) is 0 Å². The minimum Gasteiger partial charge on any atom is -0.383 e. The van der Waals surface area contributed by atoms with Crippen molar-refractivity contribution in [2.75, 3.05) is 32.1 Å². The second-order valence-electron chi connectivity index (χ2n) is 6.41. The standard InChI is InChI=1S/C19H26N4O/c1-14-4-6-16(7-5-14)13-23-10-8-18(23)17-12-19(20-9-11-24-3)22-15(2)21-17/h4-7,12,18H,8-11,13H2,1-3H3,(H,20,21,22)/t18-/m0/s1. The van der Waals surface area contributed by atoms with Gasteiger partial charge >= 0.3 is 0 Å². The summed E-state index contributed by atoms with van der Waals surface area (Å²) in [5, 5.41) is 3.31. The van der Waals surface area contributed by atoms with Gasteiger partial charge in [-0.3, -0.25) is 4.90 Å². The van der Waals surface area contributed by atoms with Crippen molar-refractivity contribution < 1.29 is 4.74 Å². The van der Waals surface area contributed by atoms with E-state index in [1.165, 1.54) is 11.1 Å². The summed E-state index contributed by atoms with van der Waals surface area (Å²) in [5.74, 6) is 1.70. The third-order valence-electron chi connectivity index (χ3n) is 4.45. The van der Waals surface area contributed by atoms with Gasteiger partial charge in [0.15, 0.2) is 0 Å². The molecular weight excluding hydrogens is 300 g/mol. The van der Waals surface area contributed by atoms with E-state index in [0.29, 0.717) is 12.6 Å². The second kappa shape index (κ2) is 7.73. The van der Waals surface area contributed by atoms with Crippen molar-refractivity contribution in [3.63, 3.8) is 0 Å². The summed E-state index contributed by atoms with van der Waals surface area (Å²) in [6.07, 6.45) is 1.15. The molecular formula is C19H26N4O. The summed E-state index contributed by atoms with van der Waals surface area (Å²) in [4.78, 5) is 11.6. The Morgan fingerprint density at radius 1 is 1.21 bits per heavy atom. The molecule has 0 amide bonds. The van der Waals surface area contributed by atoms with E-state index in [4.69, 9.17) is 4.74 Å². The minimum atomic E-state index is 0.385. The van der Waals surface area contributed by atoms with Crippen LogP contribution in [0.5, 0.6) is 0 Å². The smallest absolute Gasteiger partial charge is 0.130 e. The molecule has 1 aliphatic heterocycles. The van der Waals surface area contributed by atoms with E-state index in [-0.39, 0.29) is 0 Å². The van der Waals surface area contributed by atoms with Crippen molar-refractivity contribution in [1.29, 1.82) is 0 Å². The highest BCUT2D eigenvalue weighted by atomic mass is 16.5. The Balaban J connectivity index is 1.68. The maximum atomic E-state index is 5.08. The average molecular weight is 326 g/mol. The number of ether oxygens (including phenoxy) is 1. The molecule has 5 nitrogen and oxygen atoms in total. The monoisotopic (exact) mass is 326 g/mol. The van der Waals surface area contributed by atoms with Crippen molar-refractivity contribution in [3.8, 4) is 0 Å². The number of hydrogen-bond acceptors (Lipinski definition) is 5. The lowest BCUT2D eigenvalue weighted by atomic mass is 9.97. The van der Waals surface area contributed by atoms with Crippen LogP contribution in [-0.2, 0) is 11.3 Å². The van der Waals surface area contributed by atoms with Gasteiger partial charge in [-0.2, -0.15) is 0 Å². The molecule has 24 heavy (non-hydrogen) atoms. The van der Waals surface area contributed by atoms with Gasteiger partial charge < -0.3 is 10.1 Å². The number of rotatable bonds is 7. The number of nitrogens with one attached hydrogen (secondary N) is 1. The average Bonchev–Trinajstić information content (AvgIpc) is 2.53. The summed E-state index contributed by atoms with van der Waals surface area (Å²) >= 11 is 0. The van der Waals surface area contributed by atoms with E-state index in [9.17, 15) is 0 Å². The summed E-state index contributed by atoms with van der Waals surface area (Å²) < 4.78 is 5.08. The number of methoxy groups -OCH3 is 1. The van der Waals surface area contributed by atoms with Gasteiger partial charge in [0, 0.05) is 32.8 Å². The Bertz CT molecular complexity index is 672. The molecule has 0 spiro atoms. The normalized spacial score (nSPS) is 17.5. The molecule has 0 radical (unpaired) electrons. The van der Waals surface area contributed by atoms with Crippen LogP contribution in [0, 0.1) is 13.8 Å². The number of anilines is 1. The SMILES string of the molecule is COCCNc1cc([C@@H]2CCN2Cc2ccc(C)cc2)nc(C)n1. The number of hydrogen-bond donors (Lipinski definition) is 1. The highest BCUT2D eigenvalue weighted by molar-refractivity contribution is 5.37. The Labute approximate surface area is 144 Å². The first-order chi connectivity index (χ1) is 11.7. The van der Waals surface area contributed by atoms with Gasteiger partial charge in [-0.25, -0.2) is 9.97 Å². The molecule has 0 saturated carbocycles. The van der Waals surface area contributed by atoms with Crippen molar-refractivity contribution in [1.82, 2.24) is 14.9 Å². The fourth-order valence-corrected chi connectivity index (χ4v) is 3.03. The van der Waals surface area contributed by atoms with Crippen molar-refractivity contribution in [3.05, 3.63) is 53.0 Å². The molecule has 2 aromatic rings. The maximum absolute atomic E-state index is 5.08. The van der Waals surface area contributed by atoms with E-state index >= 15 is 0 Å². The predicted octanol–water partition coefficient (Wildman–Crippen LogP) is 3.10. The lowest BCUT2D eigenvalue weighted by Crippen LogP contribution is -2.40. The first-order valence-corrected chi connectivity index (χ1v) is 8.53.